The van der Waals surface area contributed by atoms with E-state index in [2.05, 4.69) is 10.3 Å². The van der Waals surface area contributed by atoms with Crippen LogP contribution in [-0.2, 0) is 11.3 Å². The highest BCUT2D eigenvalue weighted by atomic mass is 16.5. The van der Waals surface area contributed by atoms with Gasteiger partial charge < -0.3 is 19.5 Å². The van der Waals surface area contributed by atoms with Crippen LogP contribution in [-0.4, -0.2) is 31.8 Å². The number of nitrogens with one attached hydrogen (secondary N) is 1. The molecule has 0 aliphatic carbocycles. The van der Waals surface area contributed by atoms with Crippen LogP contribution in [0.5, 0.6) is 11.5 Å². The van der Waals surface area contributed by atoms with Crippen LogP contribution in [0, 0.1) is 0 Å². The quantitative estimate of drug-likeness (QED) is 0.792. The minimum atomic E-state index is -0.374. The van der Waals surface area contributed by atoms with Crippen molar-refractivity contribution >= 4 is 11.8 Å². The first-order chi connectivity index (χ1) is 11.2. The molecule has 0 saturated heterocycles. The smallest absolute Gasteiger partial charge is 0.339 e. The molecule has 0 bridgehead atoms. The molecule has 1 aromatic heterocycles. The molecule has 0 aliphatic rings. The van der Waals surface area contributed by atoms with Gasteiger partial charge in [0.05, 0.1) is 26.4 Å². The number of ether oxygens (including phenoxy) is 3. The molecular weight excluding hydrogens is 296 g/mol. The fraction of sp³-hybridized carbons (Fsp3) is 0.294. The molecule has 1 aromatic carbocycles. The summed E-state index contributed by atoms with van der Waals surface area (Å²) in [6.07, 6.45) is 1.49. The molecule has 2 rings (SSSR count). The standard InChI is InChI=1S/C17H20N2O4/c1-4-23-17(20)12-5-8-16(18-10-12)19-11-13-9-14(21-2)6-7-15(13)22-3/h5-10H,4,11H2,1-3H3,(H,18,19). The summed E-state index contributed by atoms with van der Waals surface area (Å²) in [7, 11) is 3.24. The Bertz CT molecular complexity index is 656. The lowest BCUT2D eigenvalue weighted by atomic mass is 10.2. The predicted molar refractivity (Wildman–Crippen MR) is 87.1 cm³/mol. The number of aromatic nitrogens is 1. The molecule has 0 spiro atoms. The number of carbonyl (C=O) groups excluding carboxylic acids is 1. The molecular formula is C17H20N2O4. The van der Waals surface area contributed by atoms with Crippen molar-refractivity contribution in [3.8, 4) is 11.5 Å². The predicted octanol–water partition coefficient (Wildman–Crippen LogP) is 2.89. The Morgan fingerprint density at radius 3 is 2.61 bits per heavy atom. The third-order valence-electron chi connectivity index (χ3n) is 3.22. The lowest BCUT2D eigenvalue weighted by Crippen LogP contribution is -2.07. The minimum absolute atomic E-state index is 0.342. The van der Waals surface area contributed by atoms with Crippen molar-refractivity contribution in [2.75, 3.05) is 26.1 Å². The number of rotatable bonds is 7. The van der Waals surface area contributed by atoms with E-state index in [0.717, 1.165) is 17.1 Å². The molecule has 23 heavy (non-hydrogen) atoms. The van der Waals surface area contributed by atoms with Gasteiger partial charge in [0.2, 0.25) is 0 Å². The highest BCUT2D eigenvalue weighted by molar-refractivity contribution is 5.89. The number of nitrogens with zero attached hydrogens (tertiary/aromatic N) is 1. The largest absolute Gasteiger partial charge is 0.497 e. The second-order valence-electron chi connectivity index (χ2n) is 4.68. The molecule has 0 atom stereocenters. The highest BCUT2D eigenvalue weighted by Crippen LogP contribution is 2.24. The van der Waals surface area contributed by atoms with Gasteiger partial charge >= 0.3 is 5.97 Å². The van der Waals surface area contributed by atoms with E-state index in [0.29, 0.717) is 24.5 Å². The number of benzene rings is 1. The fourth-order valence-corrected chi connectivity index (χ4v) is 2.04. The summed E-state index contributed by atoms with van der Waals surface area (Å²) in [6.45, 7) is 2.63. The van der Waals surface area contributed by atoms with Crippen LogP contribution < -0.4 is 14.8 Å². The lowest BCUT2D eigenvalue weighted by Gasteiger charge is -2.12. The van der Waals surface area contributed by atoms with Gasteiger partial charge in [-0.05, 0) is 37.3 Å². The second-order valence-corrected chi connectivity index (χ2v) is 4.68. The number of methoxy groups -OCH3 is 2. The third kappa shape index (κ3) is 4.35. The van der Waals surface area contributed by atoms with E-state index in [1.54, 1.807) is 33.3 Å². The summed E-state index contributed by atoms with van der Waals surface area (Å²) in [5.41, 5.74) is 1.37. The zero-order valence-corrected chi connectivity index (χ0v) is 13.5. The molecule has 0 saturated carbocycles. The molecule has 122 valence electrons. The van der Waals surface area contributed by atoms with Crippen LogP contribution in [0.3, 0.4) is 0 Å². The van der Waals surface area contributed by atoms with E-state index in [9.17, 15) is 4.79 Å². The van der Waals surface area contributed by atoms with Crippen LogP contribution in [0.25, 0.3) is 0 Å². The first-order valence-electron chi connectivity index (χ1n) is 7.26. The maximum atomic E-state index is 11.6. The normalized spacial score (nSPS) is 10.0. The molecule has 6 heteroatoms. The number of carbonyl (C=O) groups is 1. The Balaban J connectivity index is 2.04. The molecule has 1 heterocycles. The van der Waals surface area contributed by atoms with Gasteiger partial charge in [0, 0.05) is 18.3 Å². The van der Waals surface area contributed by atoms with Gasteiger partial charge in [0.1, 0.15) is 17.3 Å². The highest BCUT2D eigenvalue weighted by Gasteiger charge is 2.08. The third-order valence-corrected chi connectivity index (χ3v) is 3.22. The maximum Gasteiger partial charge on any atom is 0.339 e. The molecule has 0 aliphatic heterocycles. The topological polar surface area (TPSA) is 69.7 Å². The van der Waals surface area contributed by atoms with E-state index >= 15 is 0 Å². The Kier molecular flexibility index (Phi) is 5.80. The van der Waals surface area contributed by atoms with Gasteiger partial charge in [0.25, 0.3) is 0 Å². The molecule has 2 aromatic rings. The first kappa shape index (κ1) is 16.6. The van der Waals surface area contributed by atoms with E-state index in [1.807, 2.05) is 18.2 Å². The Morgan fingerprint density at radius 1 is 1.17 bits per heavy atom. The summed E-state index contributed by atoms with van der Waals surface area (Å²) in [4.78, 5) is 15.8. The number of hydrogen-bond donors (Lipinski definition) is 1. The van der Waals surface area contributed by atoms with Crippen molar-refractivity contribution in [1.29, 1.82) is 0 Å². The number of anilines is 1. The average molecular weight is 316 g/mol. The van der Waals surface area contributed by atoms with Crippen LogP contribution in [0.2, 0.25) is 0 Å². The van der Waals surface area contributed by atoms with Crippen LogP contribution in [0.4, 0.5) is 5.82 Å². The Hall–Kier alpha value is -2.76. The zero-order chi connectivity index (χ0) is 16.7. The van der Waals surface area contributed by atoms with E-state index in [1.165, 1.54) is 6.20 Å². The summed E-state index contributed by atoms with van der Waals surface area (Å²) in [6, 6.07) is 9.01. The average Bonchev–Trinajstić information content (AvgIpc) is 2.60. The van der Waals surface area contributed by atoms with Crippen LogP contribution >= 0.6 is 0 Å². The number of esters is 1. The molecule has 0 fully saturated rings. The maximum absolute atomic E-state index is 11.6. The van der Waals surface area contributed by atoms with Gasteiger partial charge in [-0.2, -0.15) is 0 Å². The van der Waals surface area contributed by atoms with Crippen molar-refractivity contribution in [3.05, 3.63) is 47.7 Å². The first-order valence-corrected chi connectivity index (χ1v) is 7.26. The minimum Gasteiger partial charge on any atom is -0.497 e. The van der Waals surface area contributed by atoms with Crippen LogP contribution in [0.15, 0.2) is 36.5 Å². The van der Waals surface area contributed by atoms with E-state index < -0.39 is 0 Å². The van der Waals surface area contributed by atoms with Crippen molar-refractivity contribution in [2.45, 2.75) is 13.5 Å². The van der Waals surface area contributed by atoms with Crippen molar-refractivity contribution < 1.29 is 19.0 Å². The lowest BCUT2D eigenvalue weighted by molar-refractivity contribution is 0.0526. The summed E-state index contributed by atoms with van der Waals surface area (Å²) >= 11 is 0. The SMILES string of the molecule is CCOC(=O)c1ccc(NCc2cc(OC)ccc2OC)nc1. The van der Waals surface area contributed by atoms with Crippen molar-refractivity contribution in [3.63, 3.8) is 0 Å². The molecule has 6 nitrogen and oxygen atoms in total. The molecule has 0 amide bonds. The van der Waals surface area contributed by atoms with Gasteiger partial charge in [-0.1, -0.05) is 0 Å². The second kappa shape index (κ2) is 8.03. The molecule has 0 unspecified atom stereocenters. The van der Waals surface area contributed by atoms with Crippen molar-refractivity contribution in [1.82, 2.24) is 4.98 Å². The van der Waals surface area contributed by atoms with Crippen LogP contribution in [0.1, 0.15) is 22.8 Å². The van der Waals surface area contributed by atoms with Crippen molar-refractivity contribution in [2.24, 2.45) is 0 Å². The van der Waals surface area contributed by atoms with Gasteiger partial charge in [-0.3, -0.25) is 0 Å². The summed E-state index contributed by atoms with van der Waals surface area (Å²) < 4.78 is 15.5. The van der Waals surface area contributed by atoms with Gasteiger partial charge in [0.15, 0.2) is 0 Å². The number of pyridine rings is 1. The van der Waals surface area contributed by atoms with Gasteiger partial charge in [-0.25, -0.2) is 9.78 Å². The Morgan fingerprint density at radius 2 is 2.00 bits per heavy atom. The monoisotopic (exact) mass is 316 g/mol. The van der Waals surface area contributed by atoms with Gasteiger partial charge in [-0.15, -0.1) is 0 Å². The Labute approximate surface area is 135 Å². The summed E-state index contributed by atoms with van der Waals surface area (Å²) in [5.74, 6) is 1.80. The zero-order valence-electron chi connectivity index (χ0n) is 13.5. The molecule has 1 N–H and O–H groups in total. The number of hydrogen-bond acceptors (Lipinski definition) is 6. The van der Waals surface area contributed by atoms with E-state index in [4.69, 9.17) is 14.2 Å². The fourth-order valence-electron chi connectivity index (χ4n) is 2.04. The summed E-state index contributed by atoms with van der Waals surface area (Å²) in [5, 5.41) is 3.19. The van der Waals surface area contributed by atoms with E-state index in [-0.39, 0.29) is 5.97 Å². The molecule has 0 radical (unpaired) electrons.